The Balaban J connectivity index is 1.68. The summed E-state index contributed by atoms with van der Waals surface area (Å²) in [4.78, 5) is 0. The molecule has 0 heteroatoms. The van der Waals surface area contributed by atoms with Crippen LogP contribution in [-0.4, -0.2) is 0 Å². The van der Waals surface area contributed by atoms with E-state index in [4.69, 9.17) is 0 Å². The van der Waals surface area contributed by atoms with Crippen molar-refractivity contribution in [3.05, 3.63) is 0 Å². The van der Waals surface area contributed by atoms with E-state index in [0.29, 0.717) is 0 Å². The predicted molar refractivity (Wildman–Crippen MR) is 94.6 cm³/mol. The van der Waals surface area contributed by atoms with Crippen molar-refractivity contribution in [3.8, 4) is 0 Å². The first-order valence-electron chi connectivity index (χ1n) is 10.3. The molecule has 3 atom stereocenters. The van der Waals surface area contributed by atoms with Gasteiger partial charge >= 0.3 is 0 Å². The van der Waals surface area contributed by atoms with Crippen LogP contribution in [0.3, 0.4) is 0 Å². The van der Waals surface area contributed by atoms with Crippen molar-refractivity contribution in [3.63, 3.8) is 0 Å². The summed E-state index contributed by atoms with van der Waals surface area (Å²) >= 11 is 0. The summed E-state index contributed by atoms with van der Waals surface area (Å²) in [6.45, 7) is 4.91. The van der Waals surface area contributed by atoms with E-state index in [1.165, 1.54) is 70.6 Å². The fourth-order valence-electron chi connectivity index (χ4n) is 5.09. The summed E-state index contributed by atoms with van der Waals surface area (Å²) in [6.07, 6.45) is 22.8. The largest absolute Gasteiger partial charge is 0.0651 e. The van der Waals surface area contributed by atoms with Gasteiger partial charge in [0, 0.05) is 0 Å². The molecule has 0 heterocycles. The number of hydrogen-bond acceptors (Lipinski definition) is 0. The van der Waals surface area contributed by atoms with Crippen LogP contribution in [0.5, 0.6) is 0 Å². The lowest BCUT2D eigenvalue weighted by molar-refractivity contribution is 0.173. The molecule has 2 fully saturated rings. The van der Waals surface area contributed by atoms with E-state index >= 15 is 0 Å². The van der Waals surface area contributed by atoms with E-state index in [0.717, 1.165) is 23.7 Å². The molecular weight excluding hydrogens is 252 g/mol. The first-order valence-corrected chi connectivity index (χ1v) is 10.3. The van der Waals surface area contributed by atoms with Crippen molar-refractivity contribution in [1.29, 1.82) is 0 Å². The highest BCUT2D eigenvalue weighted by molar-refractivity contribution is 4.78. The molecule has 2 saturated carbocycles. The first-order chi connectivity index (χ1) is 10.3. The van der Waals surface area contributed by atoms with Gasteiger partial charge in [0.1, 0.15) is 0 Å². The first kappa shape index (κ1) is 17.4. The van der Waals surface area contributed by atoms with Crippen LogP contribution in [0.2, 0.25) is 0 Å². The molecule has 0 spiro atoms. The van der Waals surface area contributed by atoms with Gasteiger partial charge < -0.3 is 0 Å². The number of rotatable bonds is 4. The smallest absolute Gasteiger partial charge is 0.0391 e. The number of hydrogen-bond donors (Lipinski definition) is 0. The summed E-state index contributed by atoms with van der Waals surface area (Å²) < 4.78 is 0. The van der Waals surface area contributed by atoms with E-state index in [1.807, 2.05) is 0 Å². The van der Waals surface area contributed by atoms with E-state index in [-0.39, 0.29) is 0 Å². The van der Waals surface area contributed by atoms with Crippen LogP contribution in [0, 0.1) is 23.7 Å². The fraction of sp³-hybridized carbons (Fsp3) is 1.00. The third-order valence-corrected chi connectivity index (χ3v) is 6.69. The van der Waals surface area contributed by atoms with Crippen LogP contribution in [0.15, 0.2) is 0 Å². The van der Waals surface area contributed by atoms with Crippen LogP contribution in [-0.2, 0) is 0 Å². The Kier molecular flexibility index (Phi) is 8.19. The van der Waals surface area contributed by atoms with Crippen LogP contribution in [0.1, 0.15) is 110 Å². The van der Waals surface area contributed by atoms with Gasteiger partial charge in [0.15, 0.2) is 0 Å². The molecule has 0 N–H and O–H groups in total. The third kappa shape index (κ3) is 6.33. The highest BCUT2D eigenvalue weighted by Crippen LogP contribution is 2.38. The predicted octanol–water partition coefficient (Wildman–Crippen LogP) is 7.37. The van der Waals surface area contributed by atoms with E-state index < -0.39 is 0 Å². The summed E-state index contributed by atoms with van der Waals surface area (Å²) in [5, 5.41) is 0. The van der Waals surface area contributed by atoms with Crippen molar-refractivity contribution < 1.29 is 0 Å². The fourth-order valence-corrected chi connectivity index (χ4v) is 5.09. The maximum Gasteiger partial charge on any atom is -0.0391 e. The molecule has 21 heavy (non-hydrogen) atoms. The van der Waals surface area contributed by atoms with Gasteiger partial charge in [-0.3, -0.25) is 0 Å². The van der Waals surface area contributed by atoms with Crippen LogP contribution >= 0.6 is 0 Å². The Morgan fingerprint density at radius 2 is 1.24 bits per heavy atom. The molecule has 2 rings (SSSR count). The normalized spacial score (nSPS) is 33.7. The Bertz CT molecular complexity index is 247. The molecule has 124 valence electrons. The minimum Gasteiger partial charge on any atom is -0.0651 e. The second-order valence-corrected chi connectivity index (χ2v) is 8.32. The monoisotopic (exact) mass is 292 g/mol. The molecule has 0 amide bonds. The summed E-state index contributed by atoms with van der Waals surface area (Å²) in [5.41, 5.74) is 0. The van der Waals surface area contributed by atoms with Crippen molar-refractivity contribution in [2.75, 3.05) is 0 Å². The minimum absolute atomic E-state index is 0.998. The zero-order valence-electron chi connectivity index (χ0n) is 14.9. The van der Waals surface area contributed by atoms with Gasteiger partial charge in [-0.15, -0.1) is 0 Å². The van der Waals surface area contributed by atoms with E-state index in [2.05, 4.69) is 13.8 Å². The summed E-state index contributed by atoms with van der Waals surface area (Å²) in [7, 11) is 0. The van der Waals surface area contributed by atoms with Gasteiger partial charge in [0.2, 0.25) is 0 Å². The lowest BCUT2D eigenvalue weighted by atomic mass is 9.72. The van der Waals surface area contributed by atoms with Crippen molar-refractivity contribution in [1.82, 2.24) is 0 Å². The Morgan fingerprint density at radius 1 is 0.667 bits per heavy atom. The highest BCUT2D eigenvalue weighted by Gasteiger charge is 2.26. The Labute approximate surface area is 134 Å². The third-order valence-electron chi connectivity index (χ3n) is 6.69. The molecule has 0 bridgehead atoms. The Morgan fingerprint density at radius 3 is 1.81 bits per heavy atom. The lowest BCUT2D eigenvalue weighted by Gasteiger charge is -2.34. The molecular formula is C21H40. The van der Waals surface area contributed by atoms with E-state index in [9.17, 15) is 0 Å². The van der Waals surface area contributed by atoms with Gasteiger partial charge in [-0.05, 0) is 36.5 Å². The molecule has 0 aromatic heterocycles. The zero-order chi connectivity index (χ0) is 14.9. The molecule has 0 aromatic rings. The average molecular weight is 293 g/mol. The summed E-state index contributed by atoms with van der Waals surface area (Å²) in [6, 6.07) is 0. The van der Waals surface area contributed by atoms with Crippen LogP contribution in [0.4, 0.5) is 0 Å². The van der Waals surface area contributed by atoms with Gasteiger partial charge in [0.25, 0.3) is 0 Å². The molecule has 3 unspecified atom stereocenters. The van der Waals surface area contributed by atoms with E-state index in [1.54, 1.807) is 25.7 Å². The molecule has 2 aliphatic rings. The van der Waals surface area contributed by atoms with Crippen molar-refractivity contribution in [2.24, 2.45) is 23.7 Å². The molecule has 0 aromatic carbocycles. The second kappa shape index (κ2) is 9.90. The van der Waals surface area contributed by atoms with Crippen molar-refractivity contribution in [2.45, 2.75) is 110 Å². The molecule has 2 aliphatic carbocycles. The lowest BCUT2D eigenvalue weighted by Crippen LogP contribution is -2.22. The standard InChI is InChI=1S/C21H40/c1-3-21-16-15-20(17-18(21)2)14-13-19-11-9-7-5-4-6-8-10-12-19/h18-21H,3-17H2,1-2H3. The van der Waals surface area contributed by atoms with Gasteiger partial charge in [0.05, 0.1) is 0 Å². The molecule has 0 nitrogen and oxygen atoms in total. The van der Waals surface area contributed by atoms with Gasteiger partial charge in [-0.1, -0.05) is 97.3 Å². The van der Waals surface area contributed by atoms with Gasteiger partial charge in [-0.25, -0.2) is 0 Å². The van der Waals surface area contributed by atoms with Gasteiger partial charge in [-0.2, -0.15) is 0 Å². The molecule has 0 radical (unpaired) electrons. The second-order valence-electron chi connectivity index (χ2n) is 8.32. The zero-order valence-corrected chi connectivity index (χ0v) is 14.9. The molecule has 0 saturated heterocycles. The maximum absolute atomic E-state index is 2.52. The minimum atomic E-state index is 0.998. The SMILES string of the molecule is CCC1CCC(CCC2CCCCCCCCC2)CC1C. The quantitative estimate of drug-likeness (QED) is 0.507. The van der Waals surface area contributed by atoms with Crippen LogP contribution < -0.4 is 0 Å². The maximum atomic E-state index is 2.52. The highest BCUT2D eigenvalue weighted by atomic mass is 14.3. The average Bonchev–Trinajstić information content (AvgIpc) is 2.51. The van der Waals surface area contributed by atoms with Crippen molar-refractivity contribution >= 4 is 0 Å². The topological polar surface area (TPSA) is 0 Å². The summed E-state index contributed by atoms with van der Waals surface area (Å²) in [5.74, 6) is 4.17. The molecule has 0 aliphatic heterocycles. The Hall–Kier alpha value is 0. The van der Waals surface area contributed by atoms with Crippen LogP contribution in [0.25, 0.3) is 0 Å².